The van der Waals surface area contributed by atoms with Crippen molar-refractivity contribution < 1.29 is 0 Å². The minimum Gasteiger partial charge on any atom is -0.310 e. The van der Waals surface area contributed by atoms with Gasteiger partial charge in [-0.3, -0.25) is 0 Å². The van der Waals surface area contributed by atoms with Gasteiger partial charge in [-0.25, -0.2) is 0 Å². The summed E-state index contributed by atoms with van der Waals surface area (Å²) in [6.45, 7) is 3.04. The van der Waals surface area contributed by atoms with Gasteiger partial charge in [0.15, 0.2) is 0 Å². The Morgan fingerprint density at radius 2 is 1.90 bits per heavy atom. The lowest BCUT2D eigenvalue weighted by Crippen LogP contribution is -2.23. The molecule has 2 rings (SSSR count). The second kappa shape index (κ2) is 7.60. The summed E-state index contributed by atoms with van der Waals surface area (Å²) in [6, 6.07) is 14.7. The fourth-order valence-electron chi connectivity index (χ4n) is 2.23. The molecule has 1 unspecified atom stereocenters. The van der Waals surface area contributed by atoms with Crippen LogP contribution < -0.4 is 5.32 Å². The van der Waals surface area contributed by atoms with Crippen molar-refractivity contribution in [1.82, 2.24) is 5.32 Å². The maximum atomic E-state index is 6.16. The van der Waals surface area contributed by atoms with Crippen molar-refractivity contribution in [1.29, 1.82) is 0 Å². The van der Waals surface area contributed by atoms with E-state index in [4.69, 9.17) is 11.6 Å². The zero-order valence-electron chi connectivity index (χ0n) is 11.2. The standard InChI is InChI=1S/C16H16Br2ClN/c1-2-20-16(7-11-4-3-5-13(17)6-11)12-8-14(18)10-15(19)9-12/h3-6,8-10,16,20H,2,7H2,1H3. The van der Waals surface area contributed by atoms with Crippen LogP contribution in [-0.2, 0) is 6.42 Å². The van der Waals surface area contributed by atoms with Crippen LogP contribution in [0.4, 0.5) is 0 Å². The molecule has 2 aromatic carbocycles. The van der Waals surface area contributed by atoms with Crippen molar-refractivity contribution in [2.75, 3.05) is 6.54 Å². The van der Waals surface area contributed by atoms with Crippen molar-refractivity contribution >= 4 is 43.5 Å². The summed E-state index contributed by atoms with van der Waals surface area (Å²) in [7, 11) is 0. The molecule has 1 N–H and O–H groups in total. The van der Waals surface area contributed by atoms with E-state index in [2.05, 4.69) is 68.4 Å². The van der Waals surface area contributed by atoms with Crippen LogP contribution in [0.15, 0.2) is 51.4 Å². The molecule has 20 heavy (non-hydrogen) atoms. The Bertz CT molecular complexity index is 566. The van der Waals surface area contributed by atoms with Crippen molar-refractivity contribution in [3.63, 3.8) is 0 Å². The maximum Gasteiger partial charge on any atom is 0.0420 e. The highest BCUT2D eigenvalue weighted by Gasteiger charge is 2.12. The lowest BCUT2D eigenvalue weighted by atomic mass is 9.99. The number of benzene rings is 2. The molecule has 0 aliphatic heterocycles. The quantitative estimate of drug-likeness (QED) is 0.652. The Hall–Kier alpha value is -0.350. The van der Waals surface area contributed by atoms with Crippen LogP contribution in [-0.4, -0.2) is 6.54 Å². The molecule has 0 saturated heterocycles. The molecule has 4 heteroatoms. The summed E-state index contributed by atoms with van der Waals surface area (Å²) in [5, 5.41) is 4.28. The number of nitrogens with one attached hydrogen (secondary N) is 1. The van der Waals surface area contributed by atoms with Crippen LogP contribution in [0.3, 0.4) is 0 Å². The van der Waals surface area contributed by atoms with E-state index in [0.717, 1.165) is 26.9 Å². The molecule has 0 aromatic heterocycles. The predicted molar refractivity (Wildman–Crippen MR) is 93.4 cm³/mol. The van der Waals surface area contributed by atoms with Gasteiger partial charge in [0.2, 0.25) is 0 Å². The van der Waals surface area contributed by atoms with E-state index in [1.807, 2.05) is 18.2 Å². The Kier molecular flexibility index (Phi) is 6.09. The highest BCUT2D eigenvalue weighted by molar-refractivity contribution is 9.10. The molecular weight excluding hydrogens is 401 g/mol. The fourth-order valence-corrected chi connectivity index (χ4v) is 3.56. The molecule has 1 nitrogen and oxygen atoms in total. The maximum absolute atomic E-state index is 6.16. The van der Waals surface area contributed by atoms with E-state index >= 15 is 0 Å². The van der Waals surface area contributed by atoms with Crippen LogP contribution in [0, 0.1) is 0 Å². The number of halogens is 3. The topological polar surface area (TPSA) is 12.0 Å². The van der Waals surface area contributed by atoms with Gasteiger partial charge in [-0.15, -0.1) is 0 Å². The van der Waals surface area contributed by atoms with E-state index in [1.54, 1.807) is 0 Å². The summed E-state index contributed by atoms with van der Waals surface area (Å²) in [4.78, 5) is 0. The molecule has 0 heterocycles. The van der Waals surface area contributed by atoms with E-state index in [1.165, 1.54) is 11.1 Å². The third kappa shape index (κ3) is 4.59. The highest BCUT2D eigenvalue weighted by atomic mass is 79.9. The molecule has 0 radical (unpaired) electrons. The van der Waals surface area contributed by atoms with E-state index in [0.29, 0.717) is 0 Å². The summed E-state index contributed by atoms with van der Waals surface area (Å²) in [5.74, 6) is 0. The van der Waals surface area contributed by atoms with Gasteiger partial charge in [0, 0.05) is 20.0 Å². The summed E-state index contributed by atoms with van der Waals surface area (Å²) in [6.07, 6.45) is 0.931. The largest absolute Gasteiger partial charge is 0.310 e. The average Bonchev–Trinajstić information content (AvgIpc) is 2.37. The van der Waals surface area contributed by atoms with Crippen LogP contribution in [0.1, 0.15) is 24.1 Å². The Balaban J connectivity index is 2.26. The first-order valence-corrected chi connectivity index (χ1v) is 8.48. The molecule has 0 fully saturated rings. The minimum absolute atomic E-state index is 0.254. The zero-order valence-corrected chi connectivity index (χ0v) is 15.1. The normalized spacial score (nSPS) is 12.4. The molecule has 0 aliphatic carbocycles. The van der Waals surface area contributed by atoms with Crippen molar-refractivity contribution in [3.05, 3.63) is 67.6 Å². The van der Waals surface area contributed by atoms with E-state index in [9.17, 15) is 0 Å². The summed E-state index contributed by atoms with van der Waals surface area (Å²) in [5.41, 5.74) is 2.49. The third-order valence-electron chi connectivity index (χ3n) is 3.07. The number of hydrogen-bond acceptors (Lipinski definition) is 1. The Morgan fingerprint density at radius 1 is 1.10 bits per heavy atom. The molecule has 0 spiro atoms. The molecule has 106 valence electrons. The predicted octanol–water partition coefficient (Wildman–Crippen LogP) is 5.76. The lowest BCUT2D eigenvalue weighted by molar-refractivity contribution is 0.549. The molecule has 0 saturated carbocycles. The number of likely N-dealkylation sites (N-methyl/N-ethyl adjacent to an activating group) is 1. The van der Waals surface area contributed by atoms with Gasteiger partial charge in [-0.1, -0.05) is 62.5 Å². The fraction of sp³-hybridized carbons (Fsp3) is 0.250. The van der Waals surface area contributed by atoms with Gasteiger partial charge in [-0.2, -0.15) is 0 Å². The Labute approximate surface area is 142 Å². The molecule has 0 aliphatic rings. The van der Waals surface area contributed by atoms with Gasteiger partial charge < -0.3 is 5.32 Å². The van der Waals surface area contributed by atoms with Gasteiger partial charge in [-0.05, 0) is 54.4 Å². The molecule has 0 amide bonds. The average molecular weight is 418 g/mol. The first-order valence-electron chi connectivity index (χ1n) is 6.52. The second-order valence-corrected chi connectivity index (χ2v) is 6.91. The zero-order chi connectivity index (χ0) is 14.5. The van der Waals surface area contributed by atoms with Crippen molar-refractivity contribution in [2.45, 2.75) is 19.4 Å². The monoisotopic (exact) mass is 415 g/mol. The lowest BCUT2D eigenvalue weighted by Gasteiger charge is -2.19. The van der Waals surface area contributed by atoms with Gasteiger partial charge >= 0.3 is 0 Å². The second-order valence-electron chi connectivity index (χ2n) is 4.65. The highest BCUT2D eigenvalue weighted by Crippen LogP contribution is 2.26. The summed E-state index contributed by atoms with van der Waals surface area (Å²) < 4.78 is 2.12. The van der Waals surface area contributed by atoms with Crippen LogP contribution in [0.2, 0.25) is 5.02 Å². The summed E-state index contributed by atoms with van der Waals surface area (Å²) >= 11 is 13.2. The van der Waals surface area contributed by atoms with Crippen LogP contribution >= 0.6 is 43.5 Å². The Morgan fingerprint density at radius 3 is 2.55 bits per heavy atom. The van der Waals surface area contributed by atoms with Crippen molar-refractivity contribution in [2.24, 2.45) is 0 Å². The smallest absolute Gasteiger partial charge is 0.0420 e. The van der Waals surface area contributed by atoms with Gasteiger partial charge in [0.25, 0.3) is 0 Å². The number of hydrogen-bond donors (Lipinski definition) is 1. The van der Waals surface area contributed by atoms with Crippen molar-refractivity contribution in [3.8, 4) is 0 Å². The van der Waals surface area contributed by atoms with E-state index < -0.39 is 0 Å². The third-order valence-corrected chi connectivity index (χ3v) is 4.24. The molecular formula is C16H16Br2ClN. The first-order chi connectivity index (χ1) is 9.58. The first kappa shape index (κ1) is 16.0. The molecule has 0 bridgehead atoms. The molecule has 2 aromatic rings. The minimum atomic E-state index is 0.254. The van der Waals surface area contributed by atoms with E-state index in [-0.39, 0.29) is 6.04 Å². The molecule has 1 atom stereocenters. The van der Waals surface area contributed by atoms with Crippen LogP contribution in [0.25, 0.3) is 0 Å². The van der Waals surface area contributed by atoms with Crippen LogP contribution in [0.5, 0.6) is 0 Å². The van der Waals surface area contributed by atoms with Gasteiger partial charge in [0.05, 0.1) is 0 Å². The SMILES string of the molecule is CCNC(Cc1cccc(Br)c1)c1cc(Cl)cc(Br)c1. The van der Waals surface area contributed by atoms with Gasteiger partial charge in [0.1, 0.15) is 0 Å². The number of rotatable bonds is 5.